The van der Waals surface area contributed by atoms with Crippen molar-refractivity contribution in [2.75, 3.05) is 24.5 Å². The molecule has 0 spiro atoms. The van der Waals surface area contributed by atoms with Crippen LogP contribution >= 0.6 is 0 Å². The van der Waals surface area contributed by atoms with E-state index in [9.17, 15) is 14.4 Å². The third-order valence-electron chi connectivity index (χ3n) is 8.71. The molecule has 3 aliphatic rings. The summed E-state index contributed by atoms with van der Waals surface area (Å²) in [5.41, 5.74) is 8.53. The molecule has 39 heavy (non-hydrogen) atoms. The van der Waals surface area contributed by atoms with Gasteiger partial charge in [0.25, 0.3) is 11.8 Å². The van der Waals surface area contributed by atoms with Gasteiger partial charge in [0.1, 0.15) is 5.82 Å². The molecule has 3 saturated heterocycles. The summed E-state index contributed by atoms with van der Waals surface area (Å²) in [6.45, 7) is 8.80. The molecule has 0 saturated carbocycles. The Hall–Kier alpha value is -3.46. The fourth-order valence-electron chi connectivity index (χ4n) is 6.66. The van der Waals surface area contributed by atoms with E-state index < -0.39 is 5.91 Å². The second-order valence-electron chi connectivity index (χ2n) is 11.4. The Morgan fingerprint density at radius 2 is 1.62 bits per heavy atom. The van der Waals surface area contributed by atoms with Gasteiger partial charge in [0, 0.05) is 48.0 Å². The van der Waals surface area contributed by atoms with Gasteiger partial charge in [-0.2, -0.15) is 0 Å². The molecule has 208 valence electrons. The number of rotatable bonds is 7. The predicted octanol–water partition coefficient (Wildman–Crippen LogP) is 2.94. The lowest BCUT2D eigenvalue weighted by atomic mass is 9.95. The van der Waals surface area contributed by atoms with Crippen LogP contribution in [-0.4, -0.2) is 71.4 Å². The number of nitrogens with two attached hydrogens (primary N) is 1. The molecule has 3 amide bonds. The third kappa shape index (κ3) is 5.78. The second kappa shape index (κ2) is 11.3. The lowest BCUT2D eigenvalue weighted by molar-refractivity contribution is 0.0902. The quantitative estimate of drug-likeness (QED) is 0.504. The van der Waals surface area contributed by atoms with Crippen molar-refractivity contribution in [3.63, 3.8) is 0 Å². The van der Waals surface area contributed by atoms with Gasteiger partial charge in [0.15, 0.2) is 0 Å². The Labute approximate surface area is 230 Å². The highest BCUT2D eigenvalue weighted by molar-refractivity contribution is 5.99. The van der Waals surface area contributed by atoms with E-state index in [1.54, 1.807) is 25.3 Å². The first-order valence-electron chi connectivity index (χ1n) is 14.2. The molecule has 1 aromatic carbocycles. The number of likely N-dealkylation sites (tertiary alicyclic amines) is 1. The Kier molecular flexibility index (Phi) is 7.88. The van der Waals surface area contributed by atoms with E-state index in [-0.39, 0.29) is 23.9 Å². The SMILES string of the molecule is CCN1CCC[C@H](NC(=O)c2ccc(N3[C@@H]4CC[C@H]3C[C@@H](NC(=O)c3cc(C)c(C(N)=O)cc3C)C4)nc2)C1. The van der Waals surface area contributed by atoms with Crippen LogP contribution in [-0.2, 0) is 0 Å². The smallest absolute Gasteiger partial charge is 0.253 e. The van der Waals surface area contributed by atoms with Crippen LogP contribution in [0.1, 0.15) is 87.6 Å². The predicted molar refractivity (Wildman–Crippen MR) is 151 cm³/mol. The Bertz CT molecular complexity index is 1230. The molecule has 3 aliphatic heterocycles. The number of benzene rings is 1. The summed E-state index contributed by atoms with van der Waals surface area (Å²) in [4.78, 5) is 47.1. The third-order valence-corrected chi connectivity index (χ3v) is 8.71. The van der Waals surface area contributed by atoms with Crippen LogP contribution in [0, 0.1) is 13.8 Å². The number of hydrogen-bond donors (Lipinski definition) is 3. The van der Waals surface area contributed by atoms with E-state index in [0.29, 0.717) is 34.3 Å². The minimum absolute atomic E-state index is 0.0595. The van der Waals surface area contributed by atoms with Crippen LogP contribution < -0.4 is 21.3 Å². The van der Waals surface area contributed by atoms with Crippen LogP contribution in [0.25, 0.3) is 0 Å². The van der Waals surface area contributed by atoms with Crippen molar-refractivity contribution in [1.29, 1.82) is 0 Å². The zero-order chi connectivity index (χ0) is 27.7. The lowest BCUT2D eigenvalue weighted by Crippen LogP contribution is -2.51. The number of anilines is 1. The van der Waals surface area contributed by atoms with E-state index in [1.807, 2.05) is 19.1 Å². The normalized spacial score (nSPS) is 24.8. The summed E-state index contributed by atoms with van der Waals surface area (Å²) in [5.74, 6) is 0.238. The van der Waals surface area contributed by atoms with Gasteiger partial charge < -0.3 is 26.2 Å². The molecule has 2 bridgehead atoms. The molecule has 3 fully saturated rings. The molecule has 9 nitrogen and oxygen atoms in total. The van der Waals surface area contributed by atoms with Gasteiger partial charge in [-0.25, -0.2) is 4.98 Å². The topological polar surface area (TPSA) is 121 Å². The molecular formula is C30H40N6O3. The number of carbonyl (C=O) groups is 3. The van der Waals surface area contributed by atoms with Crippen LogP contribution in [0.4, 0.5) is 5.82 Å². The summed E-state index contributed by atoms with van der Waals surface area (Å²) in [6.07, 6.45) is 7.62. The standard InChI is InChI=1S/C30H40N6O3/c1-4-35-11-5-6-21(17-35)33-29(38)20-7-10-27(32-16-20)36-23-8-9-24(36)15-22(14-23)34-30(39)26-13-18(2)25(28(31)37)12-19(26)3/h7,10,12-13,16,21-24H,4-6,8-9,11,14-15,17H2,1-3H3,(H2,31,37)(H,33,38)(H,34,39)/t21-,22-,23+,24-/m0/s1. The van der Waals surface area contributed by atoms with Crippen LogP contribution in [0.3, 0.4) is 0 Å². The Morgan fingerprint density at radius 3 is 2.26 bits per heavy atom. The van der Waals surface area contributed by atoms with Gasteiger partial charge in [-0.3, -0.25) is 14.4 Å². The van der Waals surface area contributed by atoms with E-state index in [0.717, 1.165) is 69.5 Å². The molecule has 0 unspecified atom stereocenters. The first-order valence-corrected chi connectivity index (χ1v) is 14.2. The number of aryl methyl sites for hydroxylation is 2. The summed E-state index contributed by atoms with van der Waals surface area (Å²) in [6, 6.07) is 8.15. The van der Waals surface area contributed by atoms with Crippen molar-refractivity contribution in [3.05, 3.63) is 58.3 Å². The van der Waals surface area contributed by atoms with Crippen LogP contribution in [0.2, 0.25) is 0 Å². The zero-order valence-corrected chi connectivity index (χ0v) is 23.2. The van der Waals surface area contributed by atoms with Gasteiger partial charge in [-0.05, 0) is 101 Å². The molecule has 9 heteroatoms. The zero-order valence-electron chi connectivity index (χ0n) is 23.2. The van der Waals surface area contributed by atoms with Gasteiger partial charge in [0.05, 0.1) is 5.56 Å². The van der Waals surface area contributed by atoms with E-state index in [4.69, 9.17) is 10.7 Å². The Morgan fingerprint density at radius 1 is 0.949 bits per heavy atom. The van der Waals surface area contributed by atoms with Crippen molar-refractivity contribution in [2.45, 2.75) is 83.5 Å². The van der Waals surface area contributed by atoms with Gasteiger partial charge in [-0.15, -0.1) is 0 Å². The van der Waals surface area contributed by atoms with Crippen molar-refractivity contribution in [2.24, 2.45) is 5.73 Å². The van der Waals surface area contributed by atoms with Crippen LogP contribution in [0.15, 0.2) is 30.5 Å². The highest BCUT2D eigenvalue weighted by atomic mass is 16.2. The largest absolute Gasteiger partial charge is 0.366 e. The van der Waals surface area contributed by atoms with E-state index in [1.165, 1.54) is 0 Å². The van der Waals surface area contributed by atoms with Crippen molar-refractivity contribution in [3.8, 4) is 0 Å². The molecule has 4 atom stereocenters. The Balaban J connectivity index is 1.20. The number of aromatic nitrogens is 1. The average Bonchev–Trinajstić information content (AvgIpc) is 3.19. The van der Waals surface area contributed by atoms with Crippen molar-refractivity contribution < 1.29 is 14.4 Å². The number of fused-ring (bicyclic) bond motifs is 2. The number of amides is 3. The summed E-state index contributed by atoms with van der Waals surface area (Å²) >= 11 is 0. The van der Waals surface area contributed by atoms with E-state index >= 15 is 0 Å². The summed E-state index contributed by atoms with van der Waals surface area (Å²) < 4.78 is 0. The monoisotopic (exact) mass is 532 g/mol. The maximum atomic E-state index is 13.1. The number of carbonyl (C=O) groups excluding carboxylic acids is 3. The molecule has 4 N–H and O–H groups in total. The lowest BCUT2D eigenvalue weighted by Gasteiger charge is -2.40. The maximum absolute atomic E-state index is 13.1. The minimum atomic E-state index is -0.485. The number of nitrogens with one attached hydrogen (secondary N) is 2. The fourth-order valence-corrected chi connectivity index (χ4v) is 6.66. The molecule has 1 aromatic heterocycles. The van der Waals surface area contributed by atoms with Crippen molar-refractivity contribution >= 4 is 23.5 Å². The van der Waals surface area contributed by atoms with Gasteiger partial charge in [-0.1, -0.05) is 6.92 Å². The maximum Gasteiger partial charge on any atom is 0.253 e. The molecule has 0 aliphatic carbocycles. The number of piperidine rings is 2. The van der Waals surface area contributed by atoms with Crippen LogP contribution in [0.5, 0.6) is 0 Å². The molecule has 4 heterocycles. The second-order valence-corrected chi connectivity index (χ2v) is 11.4. The van der Waals surface area contributed by atoms with Gasteiger partial charge in [0.2, 0.25) is 5.91 Å². The number of primary amides is 1. The summed E-state index contributed by atoms with van der Waals surface area (Å²) in [5, 5.41) is 6.42. The first-order chi connectivity index (χ1) is 18.7. The highest BCUT2D eigenvalue weighted by Crippen LogP contribution is 2.38. The summed E-state index contributed by atoms with van der Waals surface area (Å²) in [7, 11) is 0. The molecule has 5 rings (SSSR count). The molecular weight excluding hydrogens is 492 g/mol. The number of likely N-dealkylation sites (N-methyl/N-ethyl adjacent to an activating group) is 1. The van der Waals surface area contributed by atoms with E-state index in [2.05, 4.69) is 27.4 Å². The average molecular weight is 533 g/mol. The van der Waals surface area contributed by atoms with Gasteiger partial charge >= 0.3 is 0 Å². The minimum Gasteiger partial charge on any atom is -0.366 e. The fraction of sp³-hybridized carbons (Fsp3) is 0.533. The molecule has 0 radical (unpaired) electrons. The molecule has 2 aromatic rings. The number of pyridine rings is 1. The highest BCUT2D eigenvalue weighted by Gasteiger charge is 2.42. The van der Waals surface area contributed by atoms with Crippen molar-refractivity contribution in [1.82, 2.24) is 20.5 Å². The number of nitrogens with zero attached hydrogens (tertiary/aromatic N) is 3. The number of hydrogen-bond acceptors (Lipinski definition) is 6. The first kappa shape index (κ1) is 27.1.